The highest BCUT2D eigenvalue weighted by Crippen LogP contribution is 2.32. The Morgan fingerprint density at radius 2 is 1.85 bits per heavy atom. The van der Waals surface area contributed by atoms with Crippen molar-refractivity contribution in [1.29, 1.82) is 0 Å². The smallest absolute Gasteiger partial charge is 0.251 e. The van der Waals surface area contributed by atoms with Crippen LogP contribution in [0.25, 0.3) is 0 Å². The number of nitrogens with one attached hydrogen (secondary N) is 1. The fraction of sp³-hybridized carbons (Fsp3) is 0.333. The lowest BCUT2D eigenvalue weighted by molar-refractivity contribution is -0.131. The SMILES string of the molecule is CCOc1ccc([C@@H]2CCCN2C(=O)CNC(=O)c2ccccc2)cc1. The molecule has 5 nitrogen and oxygen atoms in total. The minimum atomic E-state index is -0.226. The standard InChI is InChI=1S/C21H24N2O3/c1-2-26-18-12-10-16(11-13-18)19-9-6-14-23(19)20(24)15-22-21(25)17-7-4-3-5-8-17/h3-5,7-8,10-13,19H,2,6,9,14-15H2,1H3,(H,22,25)/t19-/m0/s1. The average Bonchev–Trinajstić information content (AvgIpc) is 3.17. The van der Waals surface area contributed by atoms with Gasteiger partial charge >= 0.3 is 0 Å². The molecule has 0 spiro atoms. The molecule has 0 radical (unpaired) electrons. The summed E-state index contributed by atoms with van der Waals surface area (Å²) in [5.41, 5.74) is 1.67. The Balaban J connectivity index is 1.60. The Labute approximate surface area is 154 Å². The first kappa shape index (κ1) is 18.0. The van der Waals surface area contributed by atoms with Crippen LogP contribution < -0.4 is 10.1 Å². The minimum Gasteiger partial charge on any atom is -0.494 e. The molecule has 1 fully saturated rings. The van der Waals surface area contributed by atoms with Crippen molar-refractivity contribution in [3.8, 4) is 5.75 Å². The summed E-state index contributed by atoms with van der Waals surface area (Å²) >= 11 is 0. The number of rotatable bonds is 6. The van der Waals surface area contributed by atoms with Gasteiger partial charge in [-0.15, -0.1) is 0 Å². The molecular formula is C21H24N2O3. The number of hydrogen-bond acceptors (Lipinski definition) is 3. The van der Waals surface area contributed by atoms with Crippen LogP contribution in [0.2, 0.25) is 0 Å². The highest BCUT2D eigenvalue weighted by Gasteiger charge is 2.29. The molecule has 0 aromatic heterocycles. The number of likely N-dealkylation sites (tertiary alicyclic amines) is 1. The van der Waals surface area contributed by atoms with Gasteiger partial charge in [0.2, 0.25) is 5.91 Å². The Kier molecular flexibility index (Phi) is 5.89. The van der Waals surface area contributed by atoms with E-state index in [1.807, 2.05) is 42.2 Å². The third kappa shape index (κ3) is 4.23. The maximum absolute atomic E-state index is 12.6. The second kappa shape index (κ2) is 8.52. The molecule has 0 saturated carbocycles. The number of carbonyl (C=O) groups excluding carboxylic acids is 2. The van der Waals surface area contributed by atoms with E-state index in [0.29, 0.717) is 12.2 Å². The molecule has 2 aromatic rings. The maximum Gasteiger partial charge on any atom is 0.251 e. The quantitative estimate of drug-likeness (QED) is 0.869. The summed E-state index contributed by atoms with van der Waals surface area (Å²) in [6.07, 6.45) is 1.91. The van der Waals surface area contributed by atoms with Crippen LogP contribution in [0.3, 0.4) is 0 Å². The van der Waals surface area contributed by atoms with E-state index in [1.165, 1.54) is 0 Å². The summed E-state index contributed by atoms with van der Waals surface area (Å²) in [6, 6.07) is 16.9. The number of nitrogens with zero attached hydrogens (tertiary/aromatic N) is 1. The fourth-order valence-corrected chi connectivity index (χ4v) is 3.31. The molecule has 0 aliphatic carbocycles. The van der Waals surface area contributed by atoms with Crippen LogP contribution in [-0.4, -0.2) is 36.4 Å². The van der Waals surface area contributed by atoms with Gasteiger partial charge in [-0.25, -0.2) is 0 Å². The highest BCUT2D eigenvalue weighted by atomic mass is 16.5. The summed E-state index contributed by atoms with van der Waals surface area (Å²) in [4.78, 5) is 26.6. The first-order valence-corrected chi connectivity index (χ1v) is 9.04. The number of amides is 2. The number of benzene rings is 2. The molecule has 0 bridgehead atoms. The molecule has 2 amide bonds. The maximum atomic E-state index is 12.6. The number of hydrogen-bond donors (Lipinski definition) is 1. The topological polar surface area (TPSA) is 58.6 Å². The van der Waals surface area contributed by atoms with Gasteiger partial charge < -0.3 is 15.0 Å². The predicted molar refractivity (Wildman–Crippen MR) is 100 cm³/mol. The lowest BCUT2D eigenvalue weighted by atomic mass is 10.0. The predicted octanol–water partition coefficient (Wildman–Crippen LogP) is 3.18. The molecule has 1 aliphatic rings. The molecule has 0 unspecified atom stereocenters. The first-order valence-electron chi connectivity index (χ1n) is 9.04. The van der Waals surface area contributed by atoms with Crippen molar-refractivity contribution in [3.63, 3.8) is 0 Å². The van der Waals surface area contributed by atoms with E-state index in [2.05, 4.69) is 5.32 Å². The molecule has 3 rings (SSSR count). The zero-order valence-electron chi connectivity index (χ0n) is 15.0. The lowest BCUT2D eigenvalue weighted by Gasteiger charge is -2.25. The van der Waals surface area contributed by atoms with Gasteiger partial charge in [0.1, 0.15) is 5.75 Å². The second-order valence-electron chi connectivity index (χ2n) is 6.30. The molecule has 1 aliphatic heterocycles. The summed E-state index contributed by atoms with van der Waals surface area (Å²) in [5, 5.41) is 2.72. The van der Waals surface area contributed by atoms with Crippen molar-refractivity contribution in [2.24, 2.45) is 0 Å². The van der Waals surface area contributed by atoms with Gasteiger partial charge in [0.15, 0.2) is 0 Å². The summed E-state index contributed by atoms with van der Waals surface area (Å²) < 4.78 is 5.48. The van der Waals surface area contributed by atoms with Gasteiger partial charge in [-0.05, 0) is 49.6 Å². The zero-order chi connectivity index (χ0) is 18.4. The molecule has 5 heteroatoms. The van der Waals surface area contributed by atoms with Gasteiger partial charge in [-0.3, -0.25) is 9.59 Å². The van der Waals surface area contributed by atoms with Crippen molar-refractivity contribution in [3.05, 3.63) is 65.7 Å². The summed E-state index contributed by atoms with van der Waals surface area (Å²) in [5.74, 6) is 0.559. The van der Waals surface area contributed by atoms with Crippen LogP contribution in [0, 0.1) is 0 Å². The van der Waals surface area contributed by atoms with Crippen molar-refractivity contribution in [2.45, 2.75) is 25.8 Å². The van der Waals surface area contributed by atoms with Crippen molar-refractivity contribution >= 4 is 11.8 Å². The Bertz CT molecular complexity index is 744. The Morgan fingerprint density at radius 3 is 2.54 bits per heavy atom. The monoisotopic (exact) mass is 352 g/mol. The van der Waals surface area contributed by atoms with Crippen molar-refractivity contribution in [1.82, 2.24) is 10.2 Å². The Hall–Kier alpha value is -2.82. The van der Waals surface area contributed by atoms with E-state index in [9.17, 15) is 9.59 Å². The minimum absolute atomic E-state index is 0.0151. The third-order valence-electron chi connectivity index (χ3n) is 4.59. The molecule has 1 heterocycles. The van der Waals surface area contributed by atoms with Crippen molar-refractivity contribution in [2.75, 3.05) is 19.7 Å². The average molecular weight is 352 g/mol. The third-order valence-corrected chi connectivity index (χ3v) is 4.59. The molecular weight excluding hydrogens is 328 g/mol. The molecule has 1 atom stereocenters. The van der Waals surface area contributed by atoms with Crippen LogP contribution in [-0.2, 0) is 4.79 Å². The van der Waals surface area contributed by atoms with E-state index in [1.54, 1.807) is 24.3 Å². The largest absolute Gasteiger partial charge is 0.494 e. The summed E-state index contributed by atoms with van der Waals surface area (Å²) in [7, 11) is 0. The van der Waals surface area contributed by atoms with E-state index in [4.69, 9.17) is 4.74 Å². The van der Waals surface area contributed by atoms with Crippen LogP contribution >= 0.6 is 0 Å². The normalized spacial score (nSPS) is 16.3. The van der Waals surface area contributed by atoms with Crippen LogP contribution in [0.15, 0.2) is 54.6 Å². The van der Waals surface area contributed by atoms with E-state index >= 15 is 0 Å². The van der Waals surface area contributed by atoms with Gasteiger partial charge in [-0.1, -0.05) is 30.3 Å². The number of ether oxygens (including phenoxy) is 1. The van der Waals surface area contributed by atoms with E-state index in [-0.39, 0.29) is 24.4 Å². The summed E-state index contributed by atoms with van der Waals surface area (Å²) in [6.45, 7) is 3.32. The number of carbonyl (C=O) groups is 2. The van der Waals surface area contributed by atoms with Gasteiger partial charge in [0.05, 0.1) is 19.2 Å². The van der Waals surface area contributed by atoms with E-state index in [0.717, 1.165) is 30.7 Å². The fourth-order valence-electron chi connectivity index (χ4n) is 3.31. The van der Waals surface area contributed by atoms with Crippen molar-refractivity contribution < 1.29 is 14.3 Å². The molecule has 136 valence electrons. The molecule has 2 aromatic carbocycles. The van der Waals surface area contributed by atoms with Crippen LogP contribution in [0.4, 0.5) is 0 Å². The lowest BCUT2D eigenvalue weighted by Crippen LogP contribution is -2.39. The Morgan fingerprint density at radius 1 is 1.12 bits per heavy atom. The highest BCUT2D eigenvalue weighted by molar-refractivity contribution is 5.96. The molecule has 1 saturated heterocycles. The second-order valence-corrected chi connectivity index (χ2v) is 6.30. The van der Waals surface area contributed by atoms with Crippen LogP contribution in [0.5, 0.6) is 5.75 Å². The molecule has 1 N–H and O–H groups in total. The van der Waals surface area contributed by atoms with Crippen LogP contribution in [0.1, 0.15) is 41.7 Å². The van der Waals surface area contributed by atoms with Gasteiger partial charge in [-0.2, -0.15) is 0 Å². The van der Waals surface area contributed by atoms with Gasteiger partial charge in [0, 0.05) is 12.1 Å². The molecule has 26 heavy (non-hydrogen) atoms. The van der Waals surface area contributed by atoms with Gasteiger partial charge in [0.25, 0.3) is 5.91 Å². The zero-order valence-corrected chi connectivity index (χ0v) is 15.0. The van der Waals surface area contributed by atoms with E-state index < -0.39 is 0 Å². The first-order chi connectivity index (χ1) is 12.7.